The SMILES string of the molecule is O=c1[nH]c2ccc([N+](=O)[O-])cc2n1-c1ccccc1. The smallest absolute Gasteiger partial charge is 0.305 e. The van der Waals surface area contributed by atoms with Crippen LogP contribution >= 0.6 is 0 Å². The minimum atomic E-state index is -0.480. The first-order valence-corrected chi connectivity index (χ1v) is 5.61. The summed E-state index contributed by atoms with van der Waals surface area (Å²) in [5.41, 5.74) is 1.36. The van der Waals surface area contributed by atoms with E-state index >= 15 is 0 Å². The van der Waals surface area contributed by atoms with Crippen molar-refractivity contribution in [3.05, 3.63) is 69.1 Å². The Labute approximate surface area is 107 Å². The average molecular weight is 255 g/mol. The molecule has 1 N–H and O–H groups in total. The zero-order valence-corrected chi connectivity index (χ0v) is 9.74. The fourth-order valence-electron chi connectivity index (χ4n) is 2.04. The standard InChI is InChI=1S/C13H9N3O3/c17-13-14-11-7-6-10(16(18)19)8-12(11)15(13)9-4-2-1-3-5-9/h1-8H,(H,14,17). The number of nitrogens with zero attached hydrogens (tertiary/aromatic N) is 2. The number of non-ortho nitro benzene ring substituents is 1. The van der Waals surface area contributed by atoms with Crippen LogP contribution in [-0.4, -0.2) is 14.5 Å². The highest BCUT2D eigenvalue weighted by atomic mass is 16.6. The molecule has 1 heterocycles. The molecule has 0 aliphatic carbocycles. The van der Waals surface area contributed by atoms with Crippen molar-refractivity contribution in [2.45, 2.75) is 0 Å². The molecule has 0 bridgehead atoms. The first-order chi connectivity index (χ1) is 9.16. The topological polar surface area (TPSA) is 80.9 Å². The van der Waals surface area contributed by atoms with Gasteiger partial charge in [-0.25, -0.2) is 4.79 Å². The van der Waals surface area contributed by atoms with Crippen LogP contribution in [0.3, 0.4) is 0 Å². The van der Waals surface area contributed by atoms with Gasteiger partial charge >= 0.3 is 5.69 Å². The summed E-state index contributed by atoms with van der Waals surface area (Å²) in [6.45, 7) is 0. The van der Waals surface area contributed by atoms with E-state index in [9.17, 15) is 14.9 Å². The van der Waals surface area contributed by atoms with Gasteiger partial charge in [0.25, 0.3) is 5.69 Å². The van der Waals surface area contributed by atoms with E-state index in [1.807, 2.05) is 6.07 Å². The summed E-state index contributed by atoms with van der Waals surface area (Å²) in [6.07, 6.45) is 0. The molecular formula is C13H9N3O3. The number of benzene rings is 2. The van der Waals surface area contributed by atoms with Crippen LogP contribution in [0.25, 0.3) is 16.7 Å². The summed E-state index contributed by atoms with van der Waals surface area (Å²) < 4.78 is 1.42. The Morgan fingerprint density at radius 3 is 2.53 bits per heavy atom. The van der Waals surface area contributed by atoms with Gasteiger partial charge in [-0.05, 0) is 18.2 Å². The van der Waals surface area contributed by atoms with Crippen LogP contribution in [0, 0.1) is 10.1 Å². The number of H-pyrrole nitrogens is 1. The van der Waals surface area contributed by atoms with E-state index in [1.165, 1.54) is 22.8 Å². The van der Waals surface area contributed by atoms with E-state index in [0.29, 0.717) is 16.7 Å². The molecule has 0 atom stereocenters. The van der Waals surface area contributed by atoms with Gasteiger partial charge in [0.15, 0.2) is 0 Å². The number of fused-ring (bicyclic) bond motifs is 1. The molecule has 3 rings (SSSR count). The van der Waals surface area contributed by atoms with Crippen molar-refractivity contribution in [3.63, 3.8) is 0 Å². The Kier molecular flexibility index (Phi) is 2.42. The first-order valence-electron chi connectivity index (χ1n) is 5.61. The number of aromatic amines is 1. The van der Waals surface area contributed by atoms with Gasteiger partial charge in [0, 0.05) is 12.1 Å². The van der Waals surface area contributed by atoms with E-state index in [0.717, 1.165) is 0 Å². The number of aromatic nitrogens is 2. The van der Waals surface area contributed by atoms with Crippen LogP contribution in [0.4, 0.5) is 5.69 Å². The predicted molar refractivity (Wildman–Crippen MR) is 70.6 cm³/mol. The first kappa shape index (κ1) is 11.2. The maximum absolute atomic E-state index is 12.0. The molecule has 19 heavy (non-hydrogen) atoms. The fraction of sp³-hybridized carbons (Fsp3) is 0. The molecule has 0 aliphatic heterocycles. The summed E-state index contributed by atoms with van der Waals surface area (Å²) in [5, 5.41) is 10.8. The van der Waals surface area contributed by atoms with E-state index in [4.69, 9.17) is 0 Å². The molecule has 0 amide bonds. The lowest BCUT2D eigenvalue weighted by atomic mass is 10.2. The van der Waals surface area contributed by atoms with Crippen molar-refractivity contribution >= 4 is 16.7 Å². The average Bonchev–Trinajstić information content (AvgIpc) is 2.74. The molecule has 2 aromatic carbocycles. The molecule has 1 aromatic heterocycles. The second-order valence-electron chi connectivity index (χ2n) is 4.06. The summed E-state index contributed by atoms with van der Waals surface area (Å²) in [4.78, 5) is 25.0. The van der Waals surface area contributed by atoms with E-state index in [-0.39, 0.29) is 11.4 Å². The Morgan fingerprint density at radius 1 is 1.11 bits per heavy atom. The highest BCUT2D eigenvalue weighted by molar-refractivity contribution is 5.79. The zero-order chi connectivity index (χ0) is 13.4. The van der Waals surface area contributed by atoms with Crippen LogP contribution in [-0.2, 0) is 0 Å². The van der Waals surface area contributed by atoms with Crippen LogP contribution < -0.4 is 5.69 Å². The van der Waals surface area contributed by atoms with E-state index in [2.05, 4.69) is 4.98 Å². The number of para-hydroxylation sites is 1. The van der Waals surface area contributed by atoms with Crippen molar-refractivity contribution < 1.29 is 4.92 Å². The Balaban J connectivity index is 2.35. The molecule has 0 spiro atoms. The van der Waals surface area contributed by atoms with Crippen LogP contribution in [0.2, 0.25) is 0 Å². The molecule has 0 aliphatic rings. The van der Waals surface area contributed by atoms with Gasteiger partial charge in [0.1, 0.15) is 0 Å². The van der Waals surface area contributed by atoms with Crippen LogP contribution in [0.5, 0.6) is 0 Å². The van der Waals surface area contributed by atoms with Crippen molar-refractivity contribution in [1.29, 1.82) is 0 Å². The Bertz CT molecular complexity index is 818. The highest BCUT2D eigenvalue weighted by Gasteiger charge is 2.13. The van der Waals surface area contributed by atoms with Crippen LogP contribution in [0.15, 0.2) is 53.3 Å². The number of nitro groups is 1. The normalized spacial score (nSPS) is 10.7. The minimum absolute atomic E-state index is 0.0452. The largest absolute Gasteiger partial charge is 0.331 e. The Morgan fingerprint density at radius 2 is 1.84 bits per heavy atom. The van der Waals surface area contributed by atoms with Gasteiger partial charge in [-0.1, -0.05) is 18.2 Å². The lowest BCUT2D eigenvalue weighted by molar-refractivity contribution is -0.384. The van der Waals surface area contributed by atoms with Gasteiger partial charge < -0.3 is 4.98 Å². The molecule has 0 saturated carbocycles. The second-order valence-corrected chi connectivity index (χ2v) is 4.06. The van der Waals surface area contributed by atoms with E-state index < -0.39 is 4.92 Å². The third-order valence-electron chi connectivity index (χ3n) is 2.89. The predicted octanol–water partition coefficient (Wildman–Crippen LogP) is 2.23. The molecule has 3 aromatic rings. The number of hydrogen-bond donors (Lipinski definition) is 1. The third-order valence-corrected chi connectivity index (χ3v) is 2.89. The van der Waals surface area contributed by atoms with Gasteiger partial charge in [-0.3, -0.25) is 14.7 Å². The van der Waals surface area contributed by atoms with E-state index in [1.54, 1.807) is 24.3 Å². The lowest BCUT2D eigenvalue weighted by Gasteiger charge is -2.02. The Hall–Kier alpha value is -2.89. The van der Waals surface area contributed by atoms with Crippen molar-refractivity contribution in [2.75, 3.05) is 0 Å². The van der Waals surface area contributed by atoms with Gasteiger partial charge in [0.05, 0.1) is 21.6 Å². The number of nitro benzene ring substituents is 1. The van der Waals surface area contributed by atoms with Gasteiger partial charge in [-0.15, -0.1) is 0 Å². The maximum Gasteiger partial charge on any atom is 0.331 e. The number of rotatable bonds is 2. The number of imidazole rings is 1. The molecule has 94 valence electrons. The zero-order valence-electron chi connectivity index (χ0n) is 9.74. The molecule has 6 nitrogen and oxygen atoms in total. The molecule has 0 fully saturated rings. The second kappa shape index (κ2) is 4.09. The third kappa shape index (κ3) is 1.79. The molecule has 6 heteroatoms. The fourth-order valence-corrected chi connectivity index (χ4v) is 2.04. The summed E-state index contributed by atoms with van der Waals surface area (Å²) >= 11 is 0. The lowest BCUT2D eigenvalue weighted by Crippen LogP contribution is -2.14. The monoisotopic (exact) mass is 255 g/mol. The van der Waals surface area contributed by atoms with Crippen molar-refractivity contribution in [1.82, 2.24) is 9.55 Å². The van der Waals surface area contributed by atoms with Gasteiger partial charge in [-0.2, -0.15) is 0 Å². The van der Waals surface area contributed by atoms with Crippen molar-refractivity contribution in [3.8, 4) is 5.69 Å². The minimum Gasteiger partial charge on any atom is -0.305 e. The number of hydrogen-bond acceptors (Lipinski definition) is 3. The summed E-state index contributed by atoms with van der Waals surface area (Å²) in [7, 11) is 0. The summed E-state index contributed by atoms with van der Waals surface area (Å²) in [6, 6.07) is 13.3. The van der Waals surface area contributed by atoms with Crippen LogP contribution in [0.1, 0.15) is 0 Å². The highest BCUT2D eigenvalue weighted by Crippen LogP contribution is 2.20. The number of nitrogens with one attached hydrogen (secondary N) is 1. The molecule has 0 saturated heterocycles. The summed E-state index contributed by atoms with van der Waals surface area (Å²) in [5.74, 6) is 0. The van der Waals surface area contributed by atoms with Gasteiger partial charge in [0.2, 0.25) is 0 Å². The quantitative estimate of drug-likeness (QED) is 0.563. The molecular weight excluding hydrogens is 246 g/mol. The molecule has 0 unspecified atom stereocenters. The maximum atomic E-state index is 12.0. The van der Waals surface area contributed by atoms with Crippen molar-refractivity contribution in [2.24, 2.45) is 0 Å². The molecule has 0 radical (unpaired) electrons.